The minimum atomic E-state index is 0.140. The van der Waals surface area contributed by atoms with Crippen molar-refractivity contribution in [2.45, 2.75) is 41.9 Å². The van der Waals surface area contributed by atoms with E-state index >= 15 is 0 Å². The van der Waals surface area contributed by atoms with Crippen molar-refractivity contribution < 1.29 is 0 Å². The first-order valence-electron chi connectivity index (χ1n) is 4.26. The van der Waals surface area contributed by atoms with Crippen LogP contribution in [-0.2, 0) is 0 Å². The molecule has 0 aromatic heterocycles. The van der Waals surface area contributed by atoms with Crippen molar-refractivity contribution in [3.63, 3.8) is 0 Å². The van der Waals surface area contributed by atoms with Gasteiger partial charge in [-0.05, 0) is 18.8 Å². The lowest BCUT2D eigenvalue weighted by atomic mass is 9.87. The zero-order valence-corrected chi connectivity index (χ0v) is 9.29. The maximum Gasteiger partial charge on any atom is 0.0560 e. The average Bonchev–Trinajstić information content (AvgIpc) is 2.05. The van der Waals surface area contributed by atoms with Crippen molar-refractivity contribution in [3.05, 3.63) is 0 Å². The van der Waals surface area contributed by atoms with Gasteiger partial charge in [0.25, 0.3) is 0 Å². The molecule has 0 radical (unpaired) electrons. The second-order valence-corrected chi connectivity index (χ2v) is 5.42. The highest BCUT2D eigenvalue weighted by molar-refractivity contribution is 8.00. The van der Waals surface area contributed by atoms with Gasteiger partial charge in [0.2, 0.25) is 0 Å². The van der Waals surface area contributed by atoms with Gasteiger partial charge < -0.3 is 0 Å². The number of rotatable bonds is 2. The molecule has 0 aromatic carbocycles. The molecule has 0 amide bonds. The highest BCUT2D eigenvalue weighted by Crippen LogP contribution is 2.32. The predicted octanol–water partition coefficient (Wildman–Crippen LogP) is 3.05. The van der Waals surface area contributed by atoms with E-state index < -0.39 is 0 Å². The largest absolute Gasteiger partial charge is 0.174 e. The maximum absolute atomic E-state index is 4.52. The number of hydrogen-bond acceptors (Lipinski definition) is 3. The molecule has 1 aliphatic rings. The predicted molar refractivity (Wildman–Crippen MR) is 61.1 cm³/mol. The van der Waals surface area contributed by atoms with Crippen molar-refractivity contribution >= 4 is 37.9 Å². The Morgan fingerprint density at radius 2 is 1.45 bits per heavy atom. The lowest BCUT2D eigenvalue weighted by molar-refractivity contribution is 0.357. The van der Waals surface area contributed by atoms with Crippen LogP contribution in [0.15, 0.2) is 0 Å². The van der Waals surface area contributed by atoms with Crippen LogP contribution in [0.25, 0.3) is 0 Å². The van der Waals surface area contributed by atoms with Crippen LogP contribution < -0.4 is 0 Å². The van der Waals surface area contributed by atoms with Gasteiger partial charge >= 0.3 is 0 Å². The molecule has 0 saturated heterocycles. The third-order valence-electron chi connectivity index (χ3n) is 2.44. The molecule has 0 aromatic rings. The highest BCUT2D eigenvalue weighted by Gasteiger charge is 2.23. The first kappa shape index (κ1) is 10.1. The minimum Gasteiger partial charge on any atom is -0.174 e. The molecule has 1 saturated carbocycles. The van der Waals surface area contributed by atoms with Gasteiger partial charge in [-0.3, -0.25) is 0 Å². The Balaban J connectivity index is 2.32. The molecule has 1 unspecified atom stereocenters. The van der Waals surface area contributed by atoms with Gasteiger partial charge in [-0.15, -0.1) is 0 Å². The summed E-state index contributed by atoms with van der Waals surface area (Å²) in [6, 6.07) is 0. The smallest absolute Gasteiger partial charge is 0.0560 e. The molecule has 66 valence electrons. The van der Waals surface area contributed by atoms with Crippen molar-refractivity contribution in [1.82, 2.24) is 0 Å². The Morgan fingerprint density at radius 3 is 1.91 bits per heavy atom. The Bertz CT molecular complexity index is 108. The van der Waals surface area contributed by atoms with Gasteiger partial charge in [0.15, 0.2) is 0 Å². The molecule has 1 fully saturated rings. The van der Waals surface area contributed by atoms with Crippen LogP contribution >= 0.6 is 37.9 Å². The minimum absolute atomic E-state index is 0.140. The van der Waals surface area contributed by atoms with Crippen LogP contribution in [0.1, 0.15) is 32.1 Å². The fourth-order valence-corrected chi connectivity index (χ4v) is 2.50. The van der Waals surface area contributed by atoms with E-state index in [0.717, 1.165) is 5.92 Å². The molecule has 1 aliphatic carbocycles. The van der Waals surface area contributed by atoms with Crippen LogP contribution in [-0.4, -0.2) is 9.83 Å². The normalized spacial score (nSPS) is 24.0. The molecule has 0 bridgehead atoms. The summed E-state index contributed by atoms with van der Waals surface area (Å²) < 4.78 is 0.140. The van der Waals surface area contributed by atoms with Crippen LogP contribution in [0.3, 0.4) is 0 Å². The van der Waals surface area contributed by atoms with Gasteiger partial charge in [-0.25, -0.2) is 0 Å². The van der Waals surface area contributed by atoms with Gasteiger partial charge in [-0.1, -0.05) is 19.3 Å². The number of thiol groups is 3. The SMILES string of the molecule is SC(S)C(S)C1CCCCC1. The Labute approximate surface area is 85.8 Å². The summed E-state index contributed by atoms with van der Waals surface area (Å²) in [7, 11) is 0. The molecular formula is C8H16S3. The standard InChI is InChI=1S/C8H16S3/c9-7(8(10)11)6-4-2-1-3-5-6/h6-11H,1-5H2. The zero-order valence-electron chi connectivity index (χ0n) is 6.61. The zero-order chi connectivity index (χ0) is 8.27. The summed E-state index contributed by atoms with van der Waals surface area (Å²) in [6.45, 7) is 0. The molecular weight excluding hydrogens is 192 g/mol. The van der Waals surface area contributed by atoms with E-state index in [1.165, 1.54) is 32.1 Å². The Morgan fingerprint density at radius 1 is 0.909 bits per heavy atom. The third kappa shape index (κ3) is 3.11. The fourth-order valence-electron chi connectivity index (χ4n) is 1.72. The van der Waals surface area contributed by atoms with E-state index in [1.54, 1.807) is 0 Å². The second kappa shape index (κ2) is 4.93. The van der Waals surface area contributed by atoms with E-state index in [2.05, 4.69) is 37.9 Å². The van der Waals surface area contributed by atoms with Crippen LogP contribution in [0.4, 0.5) is 0 Å². The van der Waals surface area contributed by atoms with Crippen molar-refractivity contribution in [1.29, 1.82) is 0 Å². The third-order valence-corrected chi connectivity index (χ3v) is 4.27. The molecule has 0 nitrogen and oxygen atoms in total. The van der Waals surface area contributed by atoms with Crippen LogP contribution in [0.5, 0.6) is 0 Å². The van der Waals surface area contributed by atoms with Gasteiger partial charge in [0.1, 0.15) is 0 Å². The monoisotopic (exact) mass is 208 g/mol. The molecule has 11 heavy (non-hydrogen) atoms. The molecule has 0 N–H and O–H groups in total. The van der Waals surface area contributed by atoms with Crippen LogP contribution in [0, 0.1) is 5.92 Å². The van der Waals surface area contributed by atoms with Gasteiger partial charge in [0, 0.05) is 5.25 Å². The fraction of sp³-hybridized carbons (Fsp3) is 1.00. The summed E-state index contributed by atoms with van der Waals surface area (Å²) in [6.07, 6.45) is 6.80. The molecule has 3 heteroatoms. The molecule has 0 spiro atoms. The first-order chi connectivity index (χ1) is 5.22. The van der Waals surface area contributed by atoms with Crippen molar-refractivity contribution in [2.24, 2.45) is 5.92 Å². The molecule has 0 heterocycles. The summed E-state index contributed by atoms with van der Waals surface area (Å²) in [4.78, 5) is 0. The van der Waals surface area contributed by atoms with Crippen LogP contribution in [0.2, 0.25) is 0 Å². The van der Waals surface area contributed by atoms with Crippen molar-refractivity contribution in [2.75, 3.05) is 0 Å². The van der Waals surface area contributed by atoms with E-state index in [4.69, 9.17) is 0 Å². The Hall–Kier alpha value is 1.05. The Kier molecular flexibility index (Phi) is 4.54. The maximum atomic E-state index is 4.52. The number of hydrogen-bond donors (Lipinski definition) is 3. The van der Waals surface area contributed by atoms with E-state index in [0.29, 0.717) is 5.25 Å². The summed E-state index contributed by atoms with van der Waals surface area (Å²) in [5, 5.41) is 0.377. The van der Waals surface area contributed by atoms with E-state index in [9.17, 15) is 0 Å². The van der Waals surface area contributed by atoms with Crippen molar-refractivity contribution in [3.8, 4) is 0 Å². The van der Waals surface area contributed by atoms with E-state index in [1.807, 2.05) is 0 Å². The van der Waals surface area contributed by atoms with Gasteiger partial charge in [0.05, 0.1) is 4.58 Å². The second-order valence-electron chi connectivity index (χ2n) is 3.30. The average molecular weight is 208 g/mol. The van der Waals surface area contributed by atoms with Gasteiger partial charge in [-0.2, -0.15) is 37.9 Å². The highest BCUT2D eigenvalue weighted by atomic mass is 32.2. The topological polar surface area (TPSA) is 0 Å². The molecule has 1 atom stereocenters. The first-order valence-corrected chi connectivity index (χ1v) is 5.81. The molecule has 1 rings (SSSR count). The summed E-state index contributed by atoms with van der Waals surface area (Å²) in [5.74, 6) is 0.757. The van der Waals surface area contributed by atoms with E-state index in [-0.39, 0.29) is 4.58 Å². The quantitative estimate of drug-likeness (QED) is 0.451. The molecule has 0 aliphatic heterocycles. The lowest BCUT2D eigenvalue weighted by Gasteiger charge is -2.28. The summed E-state index contributed by atoms with van der Waals surface area (Å²) >= 11 is 13.1. The summed E-state index contributed by atoms with van der Waals surface area (Å²) in [5.41, 5.74) is 0. The lowest BCUT2D eigenvalue weighted by Crippen LogP contribution is -2.23.